The molecule has 0 aliphatic carbocycles. The van der Waals surface area contributed by atoms with E-state index in [2.05, 4.69) is 62.0 Å². The van der Waals surface area contributed by atoms with Crippen LogP contribution >= 0.6 is 0 Å². The molecule has 1 aromatic rings. The maximum atomic E-state index is 4.69. The molecule has 0 radical (unpaired) electrons. The van der Waals surface area contributed by atoms with Gasteiger partial charge in [0.15, 0.2) is 0 Å². The van der Waals surface area contributed by atoms with Crippen molar-refractivity contribution in [3.05, 3.63) is 23.9 Å². The molecule has 3 unspecified atom stereocenters. The van der Waals surface area contributed by atoms with Gasteiger partial charge in [0.2, 0.25) is 0 Å². The van der Waals surface area contributed by atoms with Gasteiger partial charge in [0, 0.05) is 31.4 Å². The number of rotatable bonds is 4. The number of nitrogens with one attached hydrogen (secondary N) is 1. The summed E-state index contributed by atoms with van der Waals surface area (Å²) in [5.74, 6) is 2.62. The molecule has 112 valence electrons. The smallest absolute Gasteiger partial charge is 0.128 e. The average Bonchev–Trinajstić information content (AvgIpc) is 2.41. The van der Waals surface area contributed by atoms with Gasteiger partial charge in [0.25, 0.3) is 0 Å². The van der Waals surface area contributed by atoms with Crippen LogP contribution in [0.1, 0.15) is 46.6 Å². The number of hydrogen-bond donors (Lipinski definition) is 1. The van der Waals surface area contributed by atoms with Gasteiger partial charge in [0.1, 0.15) is 5.82 Å². The molecule has 0 spiro atoms. The summed E-state index contributed by atoms with van der Waals surface area (Å²) in [5, 5.41) is 3.43. The predicted molar refractivity (Wildman–Crippen MR) is 86.0 cm³/mol. The van der Waals surface area contributed by atoms with Gasteiger partial charge in [-0.15, -0.1) is 0 Å². The molecule has 3 atom stereocenters. The highest BCUT2D eigenvalue weighted by atomic mass is 15.2. The first-order valence-corrected chi connectivity index (χ1v) is 7.92. The van der Waals surface area contributed by atoms with E-state index in [0.29, 0.717) is 12.1 Å². The summed E-state index contributed by atoms with van der Waals surface area (Å²) in [5.41, 5.74) is 1.26. The number of nitrogens with zero attached hydrogens (tertiary/aromatic N) is 2. The quantitative estimate of drug-likeness (QED) is 0.912. The SMILES string of the molecule is CC1CC(C)C(C)N(c2ccc(CNC(C)C)cn2)C1. The molecular formula is C17H29N3. The standard InChI is InChI=1S/C17H29N3/c1-12(2)18-9-16-6-7-17(19-10-16)20-11-13(3)8-14(4)15(20)5/h6-7,10,12-15,18H,8-9,11H2,1-5H3. The van der Waals surface area contributed by atoms with Crippen LogP contribution in [0, 0.1) is 11.8 Å². The van der Waals surface area contributed by atoms with Crippen LogP contribution in [0.5, 0.6) is 0 Å². The molecule has 2 rings (SSSR count). The van der Waals surface area contributed by atoms with Crippen molar-refractivity contribution in [1.29, 1.82) is 0 Å². The molecule has 0 bridgehead atoms. The number of hydrogen-bond acceptors (Lipinski definition) is 3. The minimum absolute atomic E-state index is 0.512. The van der Waals surface area contributed by atoms with E-state index in [9.17, 15) is 0 Å². The lowest BCUT2D eigenvalue weighted by Gasteiger charge is -2.41. The van der Waals surface area contributed by atoms with Crippen LogP contribution in [-0.4, -0.2) is 23.6 Å². The Hall–Kier alpha value is -1.09. The first-order valence-electron chi connectivity index (χ1n) is 7.92. The zero-order chi connectivity index (χ0) is 14.7. The first kappa shape index (κ1) is 15.3. The molecule has 3 nitrogen and oxygen atoms in total. The van der Waals surface area contributed by atoms with E-state index in [1.165, 1.54) is 12.0 Å². The monoisotopic (exact) mass is 275 g/mol. The summed E-state index contributed by atoms with van der Waals surface area (Å²) in [6.45, 7) is 13.4. The Labute approximate surface area is 123 Å². The lowest BCUT2D eigenvalue weighted by molar-refractivity contribution is 0.295. The Kier molecular flexibility index (Phi) is 5.03. The molecule has 0 amide bonds. The molecule has 3 heteroatoms. The Morgan fingerprint density at radius 1 is 1.30 bits per heavy atom. The van der Waals surface area contributed by atoms with E-state index in [1.807, 2.05) is 6.20 Å². The van der Waals surface area contributed by atoms with Crippen LogP contribution in [0.25, 0.3) is 0 Å². The fourth-order valence-electron chi connectivity index (χ4n) is 3.03. The van der Waals surface area contributed by atoms with E-state index in [1.54, 1.807) is 0 Å². The molecular weight excluding hydrogens is 246 g/mol. The Morgan fingerprint density at radius 3 is 2.65 bits per heavy atom. The summed E-state index contributed by atoms with van der Waals surface area (Å²) in [7, 11) is 0. The largest absolute Gasteiger partial charge is 0.353 e. The Morgan fingerprint density at radius 2 is 2.05 bits per heavy atom. The number of aromatic nitrogens is 1. The van der Waals surface area contributed by atoms with Crippen molar-refractivity contribution in [3.63, 3.8) is 0 Å². The molecule has 0 aromatic carbocycles. The highest BCUT2D eigenvalue weighted by molar-refractivity contribution is 5.41. The van der Waals surface area contributed by atoms with Crippen LogP contribution in [0.15, 0.2) is 18.3 Å². The van der Waals surface area contributed by atoms with Gasteiger partial charge in [-0.25, -0.2) is 4.98 Å². The minimum Gasteiger partial charge on any atom is -0.353 e. The predicted octanol–water partition coefficient (Wildman–Crippen LogP) is 3.45. The van der Waals surface area contributed by atoms with E-state index in [4.69, 9.17) is 0 Å². The zero-order valence-corrected chi connectivity index (χ0v) is 13.6. The molecule has 1 aliphatic rings. The number of pyridine rings is 1. The van der Waals surface area contributed by atoms with E-state index in [0.717, 1.165) is 30.7 Å². The normalized spacial score (nSPS) is 27.1. The third-order valence-corrected chi connectivity index (χ3v) is 4.42. The fraction of sp³-hybridized carbons (Fsp3) is 0.706. The molecule has 1 aliphatic heterocycles. The molecule has 2 heterocycles. The van der Waals surface area contributed by atoms with Gasteiger partial charge in [-0.1, -0.05) is 33.8 Å². The van der Waals surface area contributed by atoms with Gasteiger partial charge in [-0.05, 0) is 36.8 Å². The zero-order valence-electron chi connectivity index (χ0n) is 13.6. The van der Waals surface area contributed by atoms with Crippen molar-refractivity contribution in [2.45, 2.75) is 59.7 Å². The molecule has 1 fully saturated rings. The maximum absolute atomic E-state index is 4.69. The summed E-state index contributed by atoms with van der Waals surface area (Å²) >= 11 is 0. The molecule has 1 saturated heterocycles. The van der Waals surface area contributed by atoms with Crippen LogP contribution in [0.3, 0.4) is 0 Å². The molecule has 1 aromatic heterocycles. The number of piperidine rings is 1. The van der Waals surface area contributed by atoms with Crippen molar-refractivity contribution in [2.75, 3.05) is 11.4 Å². The second kappa shape index (κ2) is 6.57. The van der Waals surface area contributed by atoms with Crippen LogP contribution in [0.2, 0.25) is 0 Å². The molecule has 0 saturated carbocycles. The fourth-order valence-corrected chi connectivity index (χ4v) is 3.03. The van der Waals surface area contributed by atoms with Gasteiger partial charge < -0.3 is 10.2 Å². The Bertz CT molecular complexity index is 413. The third-order valence-electron chi connectivity index (χ3n) is 4.42. The minimum atomic E-state index is 0.512. The van der Waals surface area contributed by atoms with Gasteiger partial charge in [-0.2, -0.15) is 0 Å². The van der Waals surface area contributed by atoms with Crippen LogP contribution in [-0.2, 0) is 6.54 Å². The summed E-state index contributed by atoms with van der Waals surface area (Å²) < 4.78 is 0. The summed E-state index contributed by atoms with van der Waals surface area (Å²) in [4.78, 5) is 7.16. The van der Waals surface area contributed by atoms with Crippen molar-refractivity contribution < 1.29 is 0 Å². The summed E-state index contributed by atoms with van der Waals surface area (Å²) in [6.07, 6.45) is 3.34. The average molecular weight is 275 g/mol. The van der Waals surface area contributed by atoms with Gasteiger partial charge >= 0.3 is 0 Å². The topological polar surface area (TPSA) is 28.2 Å². The Balaban J connectivity index is 2.05. The summed E-state index contributed by atoms with van der Waals surface area (Å²) in [6, 6.07) is 5.48. The first-order chi connectivity index (χ1) is 9.47. The lowest BCUT2D eigenvalue weighted by Crippen LogP contribution is -2.46. The number of anilines is 1. The second-order valence-electron chi connectivity index (χ2n) is 6.77. The van der Waals surface area contributed by atoms with Gasteiger partial charge in [0.05, 0.1) is 0 Å². The van der Waals surface area contributed by atoms with Crippen LogP contribution in [0.4, 0.5) is 5.82 Å². The molecule has 20 heavy (non-hydrogen) atoms. The van der Waals surface area contributed by atoms with E-state index in [-0.39, 0.29) is 0 Å². The van der Waals surface area contributed by atoms with E-state index >= 15 is 0 Å². The van der Waals surface area contributed by atoms with Crippen molar-refractivity contribution in [1.82, 2.24) is 10.3 Å². The van der Waals surface area contributed by atoms with Crippen LogP contribution < -0.4 is 10.2 Å². The lowest BCUT2D eigenvalue weighted by atomic mass is 9.86. The maximum Gasteiger partial charge on any atom is 0.128 e. The molecule has 1 N–H and O–H groups in total. The third kappa shape index (κ3) is 3.72. The highest BCUT2D eigenvalue weighted by Crippen LogP contribution is 2.30. The van der Waals surface area contributed by atoms with E-state index < -0.39 is 0 Å². The van der Waals surface area contributed by atoms with Gasteiger partial charge in [-0.3, -0.25) is 0 Å². The van der Waals surface area contributed by atoms with Crippen molar-refractivity contribution >= 4 is 5.82 Å². The second-order valence-corrected chi connectivity index (χ2v) is 6.77. The highest BCUT2D eigenvalue weighted by Gasteiger charge is 2.29. The van der Waals surface area contributed by atoms with Crippen molar-refractivity contribution in [3.8, 4) is 0 Å². The van der Waals surface area contributed by atoms with Crippen molar-refractivity contribution in [2.24, 2.45) is 11.8 Å².